The number of anilines is 2. The molecule has 38 heavy (non-hydrogen) atoms. The van der Waals surface area contributed by atoms with Crippen LogP contribution in [0.5, 0.6) is 0 Å². The fraction of sp³-hybridized carbons (Fsp3) is 0.308. The number of nitrogens with zero attached hydrogens (tertiary/aromatic N) is 5. The van der Waals surface area contributed by atoms with Crippen LogP contribution >= 0.6 is 0 Å². The number of aromatic nitrogens is 5. The summed E-state index contributed by atoms with van der Waals surface area (Å²) < 4.78 is 35.8. The quantitative estimate of drug-likeness (QED) is 0.180. The molecule has 0 unspecified atom stereocenters. The summed E-state index contributed by atoms with van der Waals surface area (Å²) in [6.07, 6.45) is 5.77. The molecule has 10 nitrogen and oxygen atoms in total. The third-order valence-corrected chi connectivity index (χ3v) is 5.80. The van der Waals surface area contributed by atoms with Gasteiger partial charge in [-0.05, 0) is 30.2 Å². The molecule has 0 fully saturated rings. The second kappa shape index (κ2) is 12.4. The number of halogens is 2. The van der Waals surface area contributed by atoms with Crippen molar-refractivity contribution in [3.8, 4) is 11.3 Å². The van der Waals surface area contributed by atoms with E-state index >= 15 is 0 Å². The summed E-state index contributed by atoms with van der Waals surface area (Å²) in [5.41, 5.74) is 8.40. The normalized spacial score (nSPS) is 11.3. The SMILES string of the molecule is C=CCn1cc(-c2cnc3c(Nc4ccc(C(=O)NCCOCCN)c(CC)c4)nccn23)c(C(F)F)n1. The van der Waals surface area contributed by atoms with Crippen LogP contribution in [0.15, 0.2) is 55.6 Å². The van der Waals surface area contributed by atoms with Crippen LogP contribution in [0, 0.1) is 0 Å². The number of nitrogens with one attached hydrogen (secondary N) is 2. The zero-order valence-corrected chi connectivity index (χ0v) is 21.0. The zero-order valence-electron chi connectivity index (χ0n) is 21.0. The van der Waals surface area contributed by atoms with Gasteiger partial charge in [-0.2, -0.15) is 5.10 Å². The minimum atomic E-state index is -2.75. The van der Waals surface area contributed by atoms with E-state index in [0.29, 0.717) is 67.7 Å². The summed E-state index contributed by atoms with van der Waals surface area (Å²) in [5, 5.41) is 10.1. The number of hydrogen-bond acceptors (Lipinski definition) is 7. The molecule has 0 bridgehead atoms. The molecule has 0 saturated heterocycles. The van der Waals surface area contributed by atoms with Crippen LogP contribution in [0.3, 0.4) is 0 Å². The van der Waals surface area contributed by atoms with Crippen LogP contribution in [0.4, 0.5) is 20.3 Å². The molecule has 200 valence electrons. The van der Waals surface area contributed by atoms with Gasteiger partial charge in [0.2, 0.25) is 0 Å². The molecule has 0 radical (unpaired) electrons. The van der Waals surface area contributed by atoms with Gasteiger partial charge in [-0.25, -0.2) is 18.7 Å². The highest BCUT2D eigenvalue weighted by molar-refractivity contribution is 5.96. The number of amides is 1. The lowest BCUT2D eigenvalue weighted by atomic mass is 10.0. The van der Waals surface area contributed by atoms with Crippen molar-refractivity contribution >= 4 is 23.1 Å². The van der Waals surface area contributed by atoms with E-state index in [2.05, 4.69) is 32.3 Å². The summed E-state index contributed by atoms with van der Waals surface area (Å²) in [4.78, 5) is 21.5. The van der Waals surface area contributed by atoms with Gasteiger partial charge >= 0.3 is 0 Å². The number of imidazole rings is 1. The Hall–Kier alpha value is -4.16. The van der Waals surface area contributed by atoms with E-state index in [9.17, 15) is 13.6 Å². The average Bonchev–Trinajstić information content (AvgIpc) is 3.53. The zero-order chi connectivity index (χ0) is 27.1. The predicted octanol–water partition coefficient (Wildman–Crippen LogP) is 3.73. The fourth-order valence-electron chi connectivity index (χ4n) is 4.07. The van der Waals surface area contributed by atoms with Crippen molar-refractivity contribution in [2.45, 2.75) is 26.3 Å². The van der Waals surface area contributed by atoms with Crippen molar-refractivity contribution < 1.29 is 18.3 Å². The van der Waals surface area contributed by atoms with Gasteiger partial charge in [0.25, 0.3) is 12.3 Å². The van der Waals surface area contributed by atoms with Gasteiger partial charge in [-0.15, -0.1) is 6.58 Å². The van der Waals surface area contributed by atoms with Crippen LogP contribution < -0.4 is 16.4 Å². The number of carbonyl (C=O) groups is 1. The summed E-state index contributed by atoms with van der Waals surface area (Å²) in [6.45, 7) is 7.56. The van der Waals surface area contributed by atoms with Crippen molar-refractivity contribution in [1.29, 1.82) is 0 Å². The Bertz CT molecular complexity index is 1420. The monoisotopic (exact) mass is 524 g/mol. The van der Waals surface area contributed by atoms with Gasteiger partial charge in [0.05, 0.1) is 31.6 Å². The molecule has 0 atom stereocenters. The smallest absolute Gasteiger partial charge is 0.282 e. The maximum Gasteiger partial charge on any atom is 0.282 e. The van der Waals surface area contributed by atoms with Gasteiger partial charge in [0.15, 0.2) is 11.5 Å². The van der Waals surface area contributed by atoms with Gasteiger partial charge in [-0.1, -0.05) is 13.0 Å². The number of fused-ring (bicyclic) bond motifs is 1. The number of hydrogen-bond donors (Lipinski definition) is 3. The first-order valence-corrected chi connectivity index (χ1v) is 12.2. The lowest BCUT2D eigenvalue weighted by molar-refractivity contribution is 0.0919. The van der Waals surface area contributed by atoms with E-state index in [1.807, 2.05) is 13.0 Å². The number of nitrogens with two attached hydrogens (primary N) is 1. The number of carbonyl (C=O) groups excluding carboxylic acids is 1. The molecular weight excluding hydrogens is 494 g/mol. The average molecular weight is 525 g/mol. The summed E-state index contributed by atoms with van der Waals surface area (Å²) in [7, 11) is 0. The number of alkyl halides is 2. The molecule has 0 spiro atoms. The van der Waals surface area contributed by atoms with Crippen molar-refractivity contribution in [1.82, 2.24) is 29.5 Å². The molecule has 0 aliphatic heterocycles. The first-order valence-electron chi connectivity index (χ1n) is 12.2. The van der Waals surface area contributed by atoms with Crippen molar-refractivity contribution in [3.63, 3.8) is 0 Å². The summed E-state index contributed by atoms with van der Waals surface area (Å²) in [5.74, 6) is 0.252. The molecule has 3 heterocycles. The second-order valence-electron chi connectivity index (χ2n) is 8.36. The number of aryl methyl sites for hydroxylation is 1. The molecule has 1 aromatic carbocycles. The van der Waals surface area contributed by atoms with E-state index in [4.69, 9.17) is 10.5 Å². The first kappa shape index (κ1) is 26.9. The topological polar surface area (TPSA) is 124 Å². The minimum Gasteiger partial charge on any atom is -0.378 e. The molecule has 4 rings (SSSR count). The van der Waals surface area contributed by atoms with Gasteiger partial charge < -0.3 is 21.1 Å². The second-order valence-corrected chi connectivity index (χ2v) is 8.36. The van der Waals surface area contributed by atoms with Crippen molar-refractivity contribution in [2.75, 3.05) is 31.6 Å². The number of ether oxygens (including phenoxy) is 1. The summed E-state index contributed by atoms with van der Waals surface area (Å²) in [6, 6.07) is 5.41. The third-order valence-electron chi connectivity index (χ3n) is 5.80. The number of benzene rings is 1. The Morgan fingerprint density at radius 3 is 2.87 bits per heavy atom. The first-order chi connectivity index (χ1) is 18.5. The van der Waals surface area contributed by atoms with E-state index < -0.39 is 6.43 Å². The molecule has 3 aromatic heterocycles. The third kappa shape index (κ3) is 5.87. The van der Waals surface area contributed by atoms with Crippen molar-refractivity contribution in [3.05, 3.63) is 72.5 Å². The van der Waals surface area contributed by atoms with Crippen LogP contribution in [-0.4, -0.2) is 56.4 Å². The van der Waals surface area contributed by atoms with E-state index in [0.717, 1.165) is 5.56 Å². The molecule has 4 N–H and O–H groups in total. The molecule has 1 amide bonds. The largest absolute Gasteiger partial charge is 0.378 e. The molecule has 4 aromatic rings. The predicted molar refractivity (Wildman–Crippen MR) is 141 cm³/mol. The fourth-order valence-corrected chi connectivity index (χ4v) is 4.07. The van der Waals surface area contributed by atoms with Gasteiger partial charge in [-0.3, -0.25) is 13.9 Å². The highest BCUT2D eigenvalue weighted by atomic mass is 19.3. The summed E-state index contributed by atoms with van der Waals surface area (Å²) >= 11 is 0. The Morgan fingerprint density at radius 1 is 1.29 bits per heavy atom. The number of rotatable bonds is 13. The van der Waals surface area contributed by atoms with Crippen LogP contribution in [-0.2, 0) is 17.7 Å². The van der Waals surface area contributed by atoms with Crippen molar-refractivity contribution in [2.24, 2.45) is 5.73 Å². The van der Waals surface area contributed by atoms with E-state index in [1.54, 1.807) is 41.2 Å². The molecule has 0 aliphatic carbocycles. The molecule has 12 heteroatoms. The van der Waals surface area contributed by atoms with Gasteiger partial charge in [0.1, 0.15) is 5.69 Å². The standard InChI is InChI=1S/C26H30F2N8O2/c1-3-10-35-16-20(22(34-35)23(27)28)21-15-32-25-24(30-8-11-36(21)25)33-18-5-6-19(17(4-2)14-18)26(37)31-9-13-38-12-7-29/h3,5-6,8,11,14-16,23H,1,4,7,9-10,12-13,29H2,2H3,(H,30,33)(H,31,37). The molecule has 0 saturated carbocycles. The minimum absolute atomic E-state index is 0.185. The Morgan fingerprint density at radius 2 is 2.13 bits per heavy atom. The van der Waals surface area contributed by atoms with Gasteiger partial charge in [0, 0.05) is 48.5 Å². The van der Waals surface area contributed by atoms with Crippen LogP contribution in [0.25, 0.3) is 16.9 Å². The highest BCUT2D eigenvalue weighted by Gasteiger charge is 2.22. The Balaban J connectivity index is 1.58. The Labute approximate surface area is 218 Å². The molecule has 0 aliphatic rings. The van der Waals surface area contributed by atoms with Crippen LogP contribution in [0.1, 0.15) is 35.0 Å². The van der Waals surface area contributed by atoms with E-state index in [1.165, 1.54) is 10.9 Å². The maximum absolute atomic E-state index is 13.7. The lowest BCUT2D eigenvalue weighted by Crippen LogP contribution is -2.28. The number of allylic oxidation sites excluding steroid dienone is 1. The molecular formula is C26H30F2N8O2. The van der Waals surface area contributed by atoms with Crippen LogP contribution in [0.2, 0.25) is 0 Å². The Kier molecular flexibility index (Phi) is 8.77. The van der Waals surface area contributed by atoms with E-state index in [-0.39, 0.29) is 17.2 Å². The maximum atomic E-state index is 13.7. The lowest BCUT2D eigenvalue weighted by Gasteiger charge is -2.13. The highest BCUT2D eigenvalue weighted by Crippen LogP contribution is 2.32.